The monoisotopic (exact) mass is 500 g/mol. The SMILES string of the molecule is CC(C)CCCC(C)CCCC(C)CCCC(C)CCN1CCN(Cc2ccc3c(c2)OCO3)CC1. The van der Waals surface area contributed by atoms with Gasteiger partial charge in [-0.3, -0.25) is 4.90 Å². The Balaban J connectivity index is 1.18. The van der Waals surface area contributed by atoms with Gasteiger partial charge in [-0.25, -0.2) is 0 Å². The van der Waals surface area contributed by atoms with E-state index in [1.165, 1.54) is 89.4 Å². The number of piperazine rings is 1. The molecule has 36 heavy (non-hydrogen) atoms. The van der Waals surface area contributed by atoms with Gasteiger partial charge in [-0.1, -0.05) is 98.5 Å². The first-order valence-corrected chi connectivity index (χ1v) is 15.2. The van der Waals surface area contributed by atoms with Crippen LogP contribution in [0.5, 0.6) is 11.5 Å². The summed E-state index contributed by atoms with van der Waals surface area (Å²) in [5.74, 6) is 5.31. The van der Waals surface area contributed by atoms with E-state index in [-0.39, 0.29) is 0 Å². The average Bonchev–Trinajstić information content (AvgIpc) is 3.31. The van der Waals surface area contributed by atoms with Crippen molar-refractivity contribution in [1.82, 2.24) is 9.80 Å². The highest BCUT2D eigenvalue weighted by Crippen LogP contribution is 2.33. The van der Waals surface area contributed by atoms with Crippen LogP contribution < -0.4 is 9.47 Å². The van der Waals surface area contributed by atoms with Gasteiger partial charge in [-0.05, 0) is 54.3 Å². The van der Waals surface area contributed by atoms with E-state index in [0.29, 0.717) is 6.79 Å². The molecule has 2 aliphatic heterocycles. The summed E-state index contributed by atoms with van der Waals surface area (Å²) in [7, 11) is 0. The van der Waals surface area contributed by atoms with E-state index in [4.69, 9.17) is 9.47 Å². The summed E-state index contributed by atoms with van der Waals surface area (Å²) in [6, 6.07) is 6.37. The van der Waals surface area contributed by atoms with E-state index in [0.717, 1.165) is 54.8 Å². The molecule has 1 saturated heterocycles. The van der Waals surface area contributed by atoms with E-state index < -0.39 is 0 Å². The number of benzene rings is 1. The molecule has 4 nitrogen and oxygen atoms in total. The van der Waals surface area contributed by atoms with Crippen LogP contribution in [-0.4, -0.2) is 49.3 Å². The van der Waals surface area contributed by atoms with Crippen LogP contribution in [0.15, 0.2) is 18.2 Å². The molecule has 2 heterocycles. The van der Waals surface area contributed by atoms with Crippen LogP contribution in [0.3, 0.4) is 0 Å². The Morgan fingerprint density at radius 1 is 0.639 bits per heavy atom. The van der Waals surface area contributed by atoms with Gasteiger partial charge >= 0.3 is 0 Å². The zero-order chi connectivity index (χ0) is 25.8. The van der Waals surface area contributed by atoms with Crippen LogP contribution >= 0.6 is 0 Å². The summed E-state index contributed by atoms with van der Waals surface area (Å²) in [5, 5.41) is 0. The van der Waals surface area contributed by atoms with Gasteiger partial charge in [0.25, 0.3) is 0 Å². The Morgan fingerprint density at radius 2 is 1.17 bits per heavy atom. The minimum atomic E-state index is 0.354. The zero-order valence-electron chi connectivity index (χ0n) is 24.3. The maximum absolute atomic E-state index is 5.53. The predicted molar refractivity (Wildman–Crippen MR) is 153 cm³/mol. The molecule has 0 amide bonds. The highest BCUT2D eigenvalue weighted by atomic mass is 16.7. The van der Waals surface area contributed by atoms with Crippen molar-refractivity contribution in [1.29, 1.82) is 0 Å². The van der Waals surface area contributed by atoms with Crippen molar-refractivity contribution < 1.29 is 9.47 Å². The third kappa shape index (κ3) is 11.0. The number of hydrogen-bond donors (Lipinski definition) is 0. The predicted octanol–water partition coefficient (Wildman–Crippen LogP) is 8.00. The van der Waals surface area contributed by atoms with Crippen molar-refractivity contribution in [3.8, 4) is 11.5 Å². The summed E-state index contributed by atoms with van der Waals surface area (Å²) in [4.78, 5) is 5.25. The van der Waals surface area contributed by atoms with Gasteiger partial charge in [0.05, 0.1) is 0 Å². The largest absolute Gasteiger partial charge is 0.454 e. The fourth-order valence-corrected chi connectivity index (χ4v) is 5.81. The van der Waals surface area contributed by atoms with Gasteiger partial charge in [-0.2, -0.15) is 0 Å². The molecule has 206 valence electrons. The molecule has 2 aliphatic rings. The second kappa shape index (κ2) is 15.9. The summed E-state index contributed by atoms with van der Waals surface area (Å²) < 4.78 is 11.0. The molecule has 0 N–H and O–H groups in total. The molecule has 3 unspecified atom stereocenters. The third-order valence-electron chi connectivity index (χ3n) is 8.51. The van der Waals surface area contributed by atoms with Gasteiger partial charge in [0.2, 0.25) is 6.79 Å². The number of hydrogen-bond acceptors (Lipinski definition) is 4. The van der Waals surface area contributed by atoms with Crippen LogP contribution in [0.1, 0.15) is 104 Å². The minimum absolute atomic E-state index is 0.354. The van der Waals surface area contributed by atoms with Gasteiger partial charge in [0.15, 0.2) is 11.5 Å². The maximum Gasteiger partial charge on any atom is 0.231 e. The molecule has 0 radical (unpaired) electrons. The molecule has 0 bridgehead atoms. The zero-order valence-corrected chi connectivity index (χ0v) is 24.3. The van der Waals surface area contributed by atoms with E-state index >= 15 is 0 Å². The van der Waals surface area contributed by atoms with Crippen molar-refractivity contribution >= 4 is 0 Å². The molecule has 0 aromatic heterocycles. The van der Waals surface area contributed by atoms with Crippen molar-refractivity contribution in [2.75, 3.05) is 39.5 Å². The fourth-order valence-electron chi connectivity index (χ4n) is 5.81. The van der Waals surface area contributed by atoms with Crippen LogP contribution in [-0.2, 0) is 6.54 Å². The molecule has 3 atom stereocenters. The summed E-state index contributed by atoms with van der Waals surface area (Å²) in [6.07, 6.45) is 14.1. The van der Waals surface area contributed by atoms with Crippen LogP contribution in [0.25, 0.3) is 0 Å². The van der Waals surface area contributed by atoms with E-state index in [1.54, 1.807) is 0 Å². The van der Waals surface area contributed by atoms with Crippen molar-refractivity contribution in [3.05, 3.63) is 23.8 Å². The minimum Gasteiger partial charge on any atom is -0.454 e. The lowest BCUT2D eigenvalue weighted by molar-refractivity contribution is 0.121. The smallest absolute Gasteiger partial charge is 0.231 e. The van der Waals surface area contributed by atoms with Gasteiger partial charge in [0, 0.05) is 32.7 Å². The van der Waals surface area contributed by atoms with Crippen LogP contribution in [0.2, 0.25) is 0 Å². The Hall–Kier alpha value is -1.26. The summed E-state index contributed by atoms with van der Waals surface area (Å²) >= 11 is 0. The molecular weight excluding hydrogens is 444 g/mol. The van der Waals surface area contributed by atoms with Crippen LogP contribution in [0.4, 0.5) is 0 Å². The van der Waals surface area contributed by atoms with Gasteiger partial charge in [-0.15, -0.1) is 0 Å². The van der Waals surface area contributed by atoms with Crippen molar-refractivity contribution in [2.45, 2.75) is 105 Å². The quantitative estimate of drug-likeness (QED) is 0.216. The van der Waals surface area contributed by atoms with Gasteiger partial charge < -0.3 is 14.4 Å². The normalized spacial score (nSPS) is 19.1. The van der Waals surface area contributed by atoms with Gasteiger partial charge in [0.1, 0.15) is 0 Å². The lowest BCUT2D eigenvalue weighted by Crippen LogP contribution is -2.46. The molecular formula is C32H56N2O2. The second-order valence-corrected chi connectivity index (χ2v) is 12.6. The van der Waals surface area contributed by atoms with E-state index in [2.05, 4.69) is 56.6 Å². The number of fused-ring (bicyclic) bond motifs is 1. The van der Waals surface area contributed by atoms with Crippen LogP contribution in [0, 0.1) is 23.7 Å². The molecule has 1 aromatic carbocycles. The Labute approximate surface area is 223 Å². The number of ether oxygens (including phenoxy) is 2. The lowest BCUT2D eigenvalue weighted by atomic mass is 9.90. The Kier molecular flexibility index (Phi) is 12.9. The molecule has 0 saturated carbocycles. The first kappa shape index (κ1) is 29.3. The molecule has 3 rings (SSSR count). The maximum atomic E-state index is 5.53. The first-order chi connectivity index (χ1) is 17.4. The van der Waals surface area contributed by atoms with Crippen molar-refractivity contribution in [2.24, 2.45) is 23.7 Å². The molecule has 1 fully saturated rings. The summed E-state index contributed by atoms with van der Waals surface area (Å²) in [5.41, 5.74) is 1.33. The summed E-state index contributed by atoms with van der Waals surface area (Å²) in [6.45, 7) is 19.5. The van der Waals surface area contributed by atoms with E-state index in [1.807, 2.05) is 6.07 Å². The van der Waals surface area contributed by atoms with E-state index in [9.17, 15) is 0 Å². The standard InChI is InChI=1S/C32H56N2O2/c1-26(2)9-6-10-27(3)11-7-12-28(4)13-8-14-29(5)17-18-33-19-21-34(22-20-33)24-30-15-16-31-32(23-30)36-25-35-31/h15-16,23,26-29H,6-14,17-22,24-25H2,1-5H3. The Bertz CT molecular complexity index is 729. The second-order valence-electron chi connectivity index (χ2n) is 12.6. The fraction of sp³-hybridized carbons (Fsp3) is 0.812. The highest BCUT2D eigenvalue weighted by molar-refractivity contribution is 5.44. The molecule has 4 heteroatoms. The highest BCUT2D eigenvalue weighted by Gasteiger charge is 2.19. The molecule has 0 aliphatic carbocycles. The Morgan fingerprint density at radius 3 is 1.78 bits per heavy atom. The molecule has 1 aromatic rings. The lowest BCUT2D eigenvalue weighted by Gasteiger charge is -2.35. The molecule has 0 spiro atoms. The first-order valence-electron chi connectivity index (χ1n) is 15.2. The average molecular weight is 501 g/mol. The number of rotatable bonds is 17. The van der Waals surface area contributed by atoms with Crippen molar-refractivity contribution in [3.63, 3.8) is 0 Å². The third-order valence-corrected chi connectivity index (χ3v) is 8.51. The number of nitrogens with zero attached hydrogens (tertiary/aromatic N) is 2. The topological polar surface area (TPSA) is 24.9 Å².